The molecule has 0 N–H and O–H groups in total. The second-order valence-electron chi connectivity index (χ2n) is 2.56. The van der Waals surface area contributed by atoms with E-state index in [0.717, 1.165) is 12.8 Å². The Bertz CT molecular complexity index is 158. The molecule has 0 spiro atoms. The van der Waals surface area contributed by atoms with Crippen molar-refractivity contribution >= 4 is 11.8 Å². The molecule has 0 aromatic rings. The zero-order chi connectivity index (χ0) is 7.56. The average molecular weight is 142 g/mol. The van der Waals surface area contributed by atoms with E-state index in [-0.39, 0.29) is 5.78 Å². The quantitative estimate of drug-likeness (QED) is 0.426. The Kier molecular flexibility index (Phi) is 2.04. The number of ether oxygens (including phenoxy) is 1. The van der Waals surface area contributed by atoms with Gasteiger partial charge in [-0.1, -0.05) is 0 Å². The summed E-state index contributed by atoms with van der Waals surface area (Å²) in [5.41, 5.74) is 0. The Morgan fingerprint density at radius 1 is 1.50 bits per heavy atom. The topological polar surface area (TPSA) is 43.4 Å². The molecule has 56 valence electrons. The van der Waals surface area contributed by atoms with Gasteiger partial charge in [-0.2, -0.15) is 0 Å². The maximum Gasteiger partial charge on any atom is 0.374 e. The summed E-state index contributed by atoms with van der Waals surface area (Å²) >= 11 is 0. The summed E-state index contributed by atoms with van der Waals surface area (Å²) in [4.78, 5) is 21.3. The van der Waals surface area contributed by atoms with E-state index in [1.165, 1.54) is 7.11 Å². The monoisotopic (exact) mass is 142 g/mol. The summed E-state index contributed by atoms with van der Waals surface area (Å²) in [7, 11) is 1.23. The van der Waals surface area contributed by atoms with Crippen LogP contribution in [-0.4, -0.2) is 18.9 Å². The largest absolute Gasteiger partial charge is 0.463 e. The van der Waals surface area contributed by atoms with Crippen molar-refractivity contribution < 1.29 is 14.3 Å². The zero-order valence-corrected chi connectivity index (χ0v) is 5.92. The van der Waals surface area contributed by atoms with Crippen molar-refractivity contribution in [3.63, 3.8) is 0 Å². The minimum atomic E-state index is -0.702. The fraction of sp³-hybridized carbons (Fsp3) is 0.714. The Hall–Kier alpha value is -0.860. The predicted molar refractivity (Wildman–Crippen MR) is 34.4 cm³/mol. The molecule has 0 heterocycles. The minimum absolute atomic E-state index is 0.382. The first-order chi connectivity index (χ1) is 4.74. The normalized spacial score (nSPS) is 16.5. The van der Waals surface area contributed by atoms with Crippen molar-refractivity contribution in [2.75, 3.05) is 7.11 Å². The molecule has 1 aliphatic carbocycles. The van der Waals surface area contributed by atoms with Crippen molar-refractivity contribution in [2.24, 2.45) is 5.92 Å². The van der Waals surface area contributed by atoms with E-state index in [4.69, 9.17) is 0 Å². The highest BCUT2D eigenvalue weighted by molar-refractivity contribution is 6.33. The van der Waals surface area contributed by atoms with E-state index in [0.29, 0.717) is 12.3 Å². The molecule has 0 saturated heterocycles. The van der Waals surface area contributed by atoms with Crippen LogP contribution in [0.2, 0.25) is 0 Å². The highest BCUT2D eigenvalue weighted by atomic mass is 16.5. The average Bonchev–Trinajstić information content (AvgIpc) is 2.70. The van der Waals surface area contributed by atoms with Crippen LogP contribution in [0.25, 0.3) is 0 Å². The Labute approximate surface area is 59.4 Å². The predicted octanol–water partition coefficient (Wildman–Crippen LogP) is 0.529. The molecule has 0 radical (unpaired) electrons. The number of esters is 1. The van der Waals surface area contributed by atoms with Gasteiger partial charge in [-0.15, -0.1) is 0 Å². The summed E-state index contributed by atoms with van der Waals surface area (Å²) in [5.74, 6) is -0.622. The SMILES string of the molecule is COC(=O)C(=O)CC1CC1. The first kappa shape index (κ1) is 7.25. The summed E-state index contributed by atoms with van der Waals surface area (Å²) < 4.78 is 4.25. The molecule has 1 rings (SSSR count). The van der Waals surface area contributed by atoms with E-state index in [1.807, 2.05) is 0 Å². The first-order valence-electron chi connectivity index (χ1n) is 3.35. The van der Waals surface area contributed by atoms with Crippen LogP contribution in [0.1, 0.15) is 19.3 Å². The van der Waals surface area contributed by atoms with Gasteiger partial charge in [0, 0.05) is 6.42 Å². The number of methoxy groups -OCH3 is 1. The second kappa shape index (κ2) is 2.82. The molecular formula is C7H10O3. The molecule has 0 aromatic carbocycles. The molecule has 3 nitrogen and oxygen atoms in total. The van der Waals surface area contributed by atoms with E-state index < -0.39 is 5.97 Å². The van der Waals surface area contributed by atoms with Crippen molar-refractivity contribution in [3.8, 4) is 0 Å². The number of rotatable bonds is 3. The summed E-state index contributed by atoms with van der Waals surface area (Å²) in [6.07, 6.45) is 2.55. The molecule has 0 bridgehead atoms. The Morgan fingerprint density at radius 2 is 2.10 bits per heavy atom. The van der Waals surface area contributed by atoms with Crippen molar-refractivity contribution in [1.29, 1.82) is 0 Å². The van der Waals surface area contributed by atoms with Gasteiger partial charge in [0.25, 0.3) is 0 Å². The molecular weight excluding hydrogens is 132 g/mol. The fourth-order valence-corrected chi connectivity index (χ4v) is 0.781. The number of hydrogen-bond donors (Lipinski definition) is 0. The molecule has 3 heteroatoms. The van der Waals surface area contributed by atoms with Crippen LogP contribution in [0.5, 0.6) is 0 Å². The van der Waals surface area contributed by atoms with Crippen molar-refractivity contribution in [1.82, 2.24) is 0 Å². The molecule has 0 unspecified atom stereocenters. The lowest BCUT2D eigenvalue weighted by Crippen LogP contribution is -2.15. The number of hydrogen-bond acceptors (Lipinski definition) is 3. The highest BCUT2D eigenvalue weighted by Gasteiger charge is 2.27. The Balaban J connectivity index is 2.25. The highest BCUT2D eigenvalue weighted by Crippen LogP contribution is 2.32. The molecule has 0 aliphatic heterocycles. The molecule has 0 aromatic heterocycles. The summed E-state index contributed by atoms with van der Waals surface area (Å²) in [6.45, 7) is 0. The summed E-state index contributed by atoms with van der Waals surface area (Å²) in [6, 6.07) is 0. The lowest BCUT2D eigenvalue weighted by molar-refractivity contribution is -0.151. The van der Waals surface area contributed by atoms with Gasteiger partial charge >= 0.3 is 5.97 Å². The van der Waals surface area contributed by atoms with Gasteiger partial charge in [0.1, 0.15) is 0 Å². The third-order valence-corrected chi connectivity index (χ3v) is 1.58. The van der Waals surface area contributed by atoms with Crippen LogP contribution in [0.15, 0.2) is 0 Å². The van der Waals surface area contributed by atoms with Gasteiger partial charge in [-0.05, 0) is 18.8 Å². The van der Waals surface area contributed by atoms with Gasteiger partial charge in [0.15, 0.2) is 0 Å². The molecule has 1 saturated carbocycles. The maximum atomic E-state index is 10.7. The fourth-order valence-electron chi connectivity index (χ4n) is 0.781. The van der Waals surface area contributed by atoms with Gasteiger partial charge in [-0.25, -0.2) is 4.79 Å². The third kappa shape index (κ3) is 1.83. The lowest BCUT2D eigenvalue weighted by Gasteiger charge is -1.94. The first-order valence-corrected chi connectivity index (χ1v) is 3.35. The third-order valence-electron chi connectivity index (χ3n) is 1.58. The molecule has 1 aliphatic rings. The van der Waals surface area contributed by atoms with Crippen molar-refractivity contribution in [3.05, 3.63) is 0 Å². The van der Waals surface area contributed by atoms with Gasteiger partial charge in [-0.3, -0.25) is 4.79 Å². The van der Waals surface area contributed by atoms with Crippen LogP contribution in [0.3, 0.4) is 0 Å². The molecule has 10 heavy (non-hydrogen) atoms. The van der Waals surface area contributed by atoms with Crippen LogP contribution >= 0.6 is 0 Å². The molecule has 1 fully saturated rings. The summed E-state index contributed by atoms with van der Waals surface area (Å²) in [5, 5.41) is 0. The van der Waals surface area contributed by atoms with Crippen LogP contribution in [-0.2, 0) is 14.3 Å². The van der Waals surface area contributed by atoms with Gasteiger partial charge < -0.3 is 4.74 Å². The van der Waals surface area contributed by atoms with Crippen molar-refractivity contribution in [2.45, 2.75) is 19.3 Å². The van der Waals surface area contributed by atoms with Crippen LogP contribution in [0, 0.1) is 5.92 Å². The van der Waals surface area contributed by atoms with Crippen LogP contribution in [0.4, 0.5) is 0 Å². The van der Waals surface area contributed by atoms with E-state index >= 15 is 0 Å². The van der Waals surface area contributed by atoms with E-state index in [2.05, 4.69) is 4.74 Å². The van der Waals surface area contributed by atoms with Gasteiger partial charge in [0.05, 0.1) is 7.11 Å². The number of carbonyl (C=O) groups is 2. The minimum Gasteiger partial charge on any atom is -0.463 e. The van der Waals surface area contributed by atoms with Crippen LogP contribution < -0.4 is 0 Å². The Morgan fingerprint density at radius 3 is 2.50 bits per heavy atom. The van der Waals surface area contributed by atoms with E-state index in [9.17, 15) is 9.59 Å². The molecule has 0 amide bonds. The number of carbonyl (C=O) groups excluding carboxylic acids is 2. The lowest BCUT2D eigenvalue weighted by atomic mass is 10.2. The van der Waals surface area contributed by atoms with Gasteiger partial charge in [0.2, 0.25) is 5.78 Å². The number of ketones is 1. The standard InChI is InChI=1S/C7H10O3/c1-10-7(9)6(8)4-5-2-3-5/h5H,2-4H2,1H3. The molecule has 0 atom stereocenters. The second-order valence-corrected chi connectivity index (χ2v) is 2.56. The maximum absolute atomic E-state index is 10.7. The van der Waals surface area contributed by atoms with E-state index in [1.54, 1.807) is 0 Å². The number of Topliss-reactive ketones (excluding diaryl/α,β-unsaturated/α-hetero) is 1. The zero-order valence-electron chi connectivity index (χ0n) is 5.92. The smallest absolute Gasteiger partial charge is 0.374 e.